The van der Waals surface area contributed by atoms with Crippen LogP contribution in [0.2, 0.25) is 0 Å². The van der Waals surface area contributed by atoms with Gasteiger partial charge in [0.25, 0.3) is 0 Å². The van der Waals surface area contributed by atoms with Gasteiger partial charge in [0.2, 0.25) is 11.9 Å². The maximum absolute atomic E-state index is 12.3. The summed E-state index contributed by atoms with van der Waals surface area (Å²) < 4.78 is 1.58. The SMILES string of the molecule is CN(CC1(O)CCCN(c2ncccn2)C1)C(=O)Cn1cccn1. The Kier molecular flexibility index (Phi) is 4.75. The van der Waals surface area contributed by atoms with Gasteiger partial charge in [0.05, 0.1) is 18.7 Å². The van der Waals surface area contributed by atoms with Crippen molar-refractivity contribution in [1.82, 2.24) is 24.6 Å². The zero-order valence-electron chi connectivity index (χ0n) is 13.7. The summed E-state index contributed by atoms with van der Waals surface area (Å²) in [6.45, 7) is 1.66. The van der Waals surface area contributed by atoms with Crippen molar-refractivity contribution >= 4 is 11.9 Å². The van der Waals surface area contributed by atoms with E-state index in [9.17, 15) is 9.90 Å². The topological polar surface area (TPSA) is 87.4 Å². The highest BCUT2D eigenvalue weighted by molar-refractivity contribution is 5.75. The molecule has 2 aromatic heterocycles. The van der Waals surface area contributed by atoms with Gasteiger partial charge in [0.15, 0.2) is 0 Å². The molecule has 0 aliphatic carbocycles. The highest BCUT2D eigenvalue weighted by Gasteiger charge is 2.36. The standard InChI is InChI=1S/C16H22N6O2/c1-20(14(23)11-22-10-4-8-19-22)12-16(24)5-2-9-21(13-16)15-17-6-3-7-18-15/h3-4,6-8,10,24H,2,5,9,11-13H2,1H3. The van der Waals surface area contributed by atoms with Gasteiger partial charge in [-0.15, -0.1) is 0 Å². The summed E-state index contributed by atoms with van der Waals surface area (Å²) >= 11 is 0. The molecule has 1 amide bonds. The highest BCUT2D eigenvalue weighted by Crippen LogP contribution is 2.24. The van der Waals surface area contributed by atoms with Crippen molar-refractivity contribution in [2.45, 2.75) is 25.0 Å². The fourth-order valence-electron chi connectivity index (χ4n) is 3.05. The Morgan fingerprint density at radius 1 is 1.33 bits per heavy atom. The third kappa shape index (κ3) is 3.88. The van der Waals surface area contributed by atoms with Crippen LogP contribution in [-0.4, -0.2) is 67.9 Å². The molecule has 0 bridgehead atoms. The lowest BCUT2D eigenvalue weighted by Gasteiger charge is -2.41. The number of hydrogen-bond acceptors (Lipinski definition) is 6. The first-order chi connectivity index (χ1) is 11.6. The minimum atomic E-state index is -0.966. The monoisotopic (exact) mass is 330 g/mol. The molecule has 1 fully saturated rings. The van der Waals surface area contributed by atoms with Crippen LogP contribution in [0.1, 0.15) is 12.8 Å². The van der Waals surface area contributed by atoms with Crippen LogP contribution in [0.15, 0.2) is 36.9 Å². The highest BCUT2D eigenvalue weighted by atomic mass is 16.3. The van der Waals surface area contributed by atoms with Crippen molar-refractivity contribution in [3.63, 3.8) is 0 Å². The molecule has 2 aromatic rings. The number of rotatable bonds is 5. The Labute approximate surface area is 140 Å². The van der Waals surface area contributed by atoms with E-state index >= 15 is 0 Å². The molecule has 0 aromatic carbocycles. The number of aromatic nitrogens is 4. The molecular weight excluding hydrogens is 308 g/mol. The molecule has 1 saturated heterocycles. The Hall–Kier alpha value is -2.48. The number of hydrogen-bond donors (Lipinski definition) is 1. The Morgan fingerprint density at radius 3 is 2.83 bits per heavy atom. The zero-order valence-corrected chi connectivity index (χ0v) is 13.7. The van der Waals surface area contributed by atoms with E-state index in [1.54, 1.807) is 53.5 Å². The number of nitrogens with zero attached hydrogens (tertiary/aromatic N) is 6. The van der Waals surface area contributed by atoms with E-state index < -0.39 is 5.60 Å². The number of aliphatic hydroxyl groups is 1. The number of likely N-dealkylation sites (N-methyl/N-ethyl adjacent to an activating group) is 1. The minimum absolute atomic E-state index is 0.0831. The van der Waals surface area contributed by atoms with E-state index in [0.29, 0.717) is 18.9 Å². The molecule has 0 spiro atoms. The van der Waals surface area contributed by atoms with Crippen molar-refractivity contribution in [1.29, 1.82) is 0 Å². The minimum Gasteiger partial charge on any atom is -0.386 e. The fourth-order valence-corrected chi connectivity index (χ4v) is 3.05. The van der Waals surface area contributed by atoms with Gasteiger partial charge < -0.3 is 14.9 Å². The predicted molar refractivity (Wildman–Crippen MR) is 88.3 cm³/mol. The number of anilines is 1. The summed E-state index contributed by atoms with van der Waals surface area (Å²) in [5.74, 6) is 0.529. The molecule has 1 atom stereocenters. The number of β-amino-alcohol motifs (C(OH)–C–C–N with tert-alkyl or cyclic N) is 1. The lowest BCUT2D eigenvalue weighted by atomic mass is 9.92. The molecule has 1 aliphatic rings. The van der Waals surface area contributed by atoms with Crippen molar-refractivity contribution < 1.29 is 9.90 Å². The van der Waals surface area contributed by atoms with Crippen LogP contribution >= 0.6 is 0 Å². The number of carbonyl (C=O) groups excluding carboxylic acids is 1. The second-order valence-electron chi connectivity index (χ2n) is 6.25. The summed E-state index contributed by atoms with van der Waals surface area (Å²) in [7, 11) is 1.71. The Balaban J connectivity index is 1.61. The molecule has 3 heterocycles. The summed E-state index contributed by atoms with van der Waals surface area (Å²) in [6, 6.07) is 3.54. The molecule has 0 radical (unpaired) electrons. The van der Waals surface area contributed by atoms with Gasteiger partial charge in [-0.05, 0) is 25.0 Å². The van der Waals surface area contributed by atoms with E-state index in [4.69, 9.17) is 0 Å². The molecule has 128 valence electrons. The van der Waals surface area contributed by atoms with Crippen molar-refractivity contribution in [2.75, 3.05) is 31.6 Å². The molecule has 1 aliphatic heterocycles. The van der Waals surface area contributed by atoms with Gasteiger partial charge in [-0.2, -0.15) is 5.10 Å². The summed E-state index contributed by atoms with van der Waals surface area (Å²) in [5.41, 5.74) is -0.966. The van der Waals surface area contributed by atoms with Gasteiger partial charge in [0.1, 0.15) is 6.54 Å². The predicted octanol–water partition coefficient (Wildman–Crippen LogP) is 0.163. The second kappa shape index (κ2) is 6.96. The molecule has 0 saturated carbocycles. The number of carbonyl (C=O) groups is 1. The van der Waals surface area contributed by atoms with Crippen molar-refractivity contribution in [2.24, 2.45) is 0 Å². The van der Waals surface area contributed by atoms with Gasteiger partial charge in [-0.25, -0.2) is 9.97 Å². The van der Waals surface area contributed by atoms with Crippen LogP contribution in [0.5, 0.6) is 0 Å². The van der Waals surface area contributed by atoms with Gasteiger partial charge in [-0.3, -0.25) is 9.48 Å². The first kappa shape index (κ1) is 16.4. The van der Waals surface area contributed by atoms with Crippen molar-refractivity contribution in [3.8, 4) is 0 Å². The van der Waals surface area contributed by atoms with Gasteiger partial charge >= 0.3 is 0 Å². The summed E-state index contributed by atoms with van der Waals surface area (Å²) in [5, 5.41) is 15.0. The zero-order chi connectivity index (χ0) is 17.0. The van der Waals surface area contributed by atoms with Gasteiger partial charge in [0, 0.05) is 38.4 Å². The van der Waals surface area contributed by atoms with E-state index in [2.05, 4.69) is 15.1 Å². The molecule has 1 unspecified atom stereocenters. The molecule has 3 rings (SSSR count). The molecule has 8 heteroatoms. The molecule has 8 nitrogen and oxygen atoms in total. The van der Waals surface area contributed by atoms with Gasteiger partial charge in [-0.1, -0.05) is 0 Å². The Bertz CT molecular complexity index is 662. The normalized spacial score (nSPS) is 20.8. The summed E-state index contributed by atoms with van der Waals surface area (Å²) in [6.07, 6.45) is 8.24. The quantitative estimate of drug-likeness (QED) is 0.840. The van der Waals surface area contributed by atoms with Crippen molar-refractivity contribution in [3.05, 3.63) is 36.9 Å². The van der Waals surface area contributed by atoms with Crippen LogP contribution in [0.25, 0.3) is 0 Å². The van der Waals surface area contributed by atoms with E-state index in [-0.39, 0.29) is 19.0 Å². The maximum atomic E-state index is 12.3. The van der Waals surface area contributed by atoms with Crippen LogP contribution in [0, 0.1) is 0 Å². The second-order valence-corrected chi connectivity index (χ2v) is 6.25. The largest absolute Gasteiger partial charge is 0.386 e. The number of amides is 1. The van der Waals surface area contributed by atoms with E-state index in [1.165, 1.54) is 0 Å². The molecule has 24 heavy (non-hydrogen) atoms. The first-order valence-corrected chi connectivity index (χ1v) is 8.01. The van der Waals surface area contributed by atoms with Crippen LogP contribution < -0.4 is 4.90 Å². The lowest BCUT2D eigenvalue weighted by Crippen LogP contribution is -2.55. The van der Waals surface area contributed by atoms with E-state index in [0.717, 1.165) is 13.0 Å². The van der Waals surface area contributed by atoms with E-state index in [1.807, 2.05) is 4.90 Å². The smallest absolute Gasteiger partial charge is 0.244 e. The lowest BCUT2D eigenvalue weighted by molar-refractivity contribution is -0.134. The van der Waals surface area contributed by atoms with Crippen LogP contribution in [-0.2, 0) is 11.3 Å². The molecular formula is C16H22N6O2. The third-order valence-corrected chi connectivity index (χ3v) is 4.20. The first-order valence-electron chi connectivity index (χ1n) is 8.01. The Morgan fingerprint density at radius 2 is 2.12 bits per heavy atom. The summed E-state index contributed by atoms with van der Waals surface area (Å²) in [4.78, 5) is 24.3. The average Bonchev–Trinajstić information content (AvgIpc) is 3.08. The maximum Gasteiger partial charge on any atom is 0.244 e. The molecule has 1 N–H and O–H groups in total. The van der Waals surface area contributed by atoms with Crippen LogP contribution in [0.3, 0.4) is 0 Å². The average molecular weight is 330 g/mol. The fraction of sp³-hybridized carbons (Fsp3) is 0.500. The third-order valence-electron chi connectivity index (χ3n) is 4.20. The van der Waals surface area contributed by atoms with Crippen LogP contribution in [0.4, 0.5) is 5.95 Å². The number of piperidine rings is 1.